The molecule has 1 atom stereocenters. The monoisotopic (exact) mass is 327 g/mol. The van der Waals surface area contributed by atoms with Crippen molar-refractivity contribution < 1.29 is 9.84 Å². The van der Waals surface area contributed by atoms with Crippen molar-refractivity contribution in [3.05, 3.63) is 65.7 Å². The highest BCUT2D eigenvalue weighted by Gasteiger charge is 2.29. The van der Waals surface area contributed by atoms with Crippen molar-refractivity contribution in [3.63, 3.8) is 0 Å². The lowest BCUT2D eigenvalue weighted by molar-refractivity contribution is 0.0764. The standard InChI is InChI=1S/C21H29NO2/c1-4-21(23,18-10-8-7-9-11-18)19-12-14-20(15-13-19)24-17-16-22(5-2)6-3/h7-15,23H,4-6,16-17H2,1-3H3. The fraction of sp³-hybridized carbons (Fsp3) is 0.429. The lowest BCUT2D eigenvalue weighted by Crippen LogP contribution is -2.28. The van der Waals surface area contributed by atoms with E-state index in [1.54, 1.807) is 0 Å². The summed E-state index contributed by atoms with van der Waals surface area (Å²) in [7, 11) is 0. The van der Waals surface area contributed by atoms with Gasteiger partial charge in [-0.05, 0) is 42.8 Å². The second kappa shape index (κ2) is 8.86. The fourth-order valence-corrected chi connectivity index (χ4v) is 2.95. The molecule has 3 nitrogen and oxygen atoms in total. The maximum Gasteiger partial charge on any atom is 0.119 e. The van der Waals surface area contributed by atoms with Gasteiger partial charge in [0.05, 0.1) is 0 Å². The van der Waals surface area contributed by atoms with Gasteiger partial charge in [0.1, 0.15) is 18.0 Å². The third kappa shape index (κ3) is 4.37. The molecule has 0 aromatic heterocycles. The molecule has 2 aromatic carbocycles. The summed E-state index contributed by atoms with van der Waals surface area (Å²) in [6.45, 7) is 10.0. The first-order chi connectivity index (χ1) is 11.6. The minimum Gasteiger partial charge on any atom is -0.492 e. The van der Waals surface area contributed by atoms with Gasteiger partial charge >= 0.3 is 0 Å². The second-order valence-electron chi connectivity index (χ2n) is 5.98. The van der Waals surface area contributed by atoms with Crippen LogP contribution in [0.4, 0.5) is 0 Å². The average Bonchev–Trinajstić information content (AvgIpc) is 2.66. The molecule has 130 valence electrons. The molecule has 0 fully saturated rings. The van der Waals surface area contributed by atoms with Crippen molar-refractivity contribution >= 4 is 0 Å². The molecule has 24 heavy (non-hydrogen) atoms. The molecule has 0 saturated carbocycles. The van der Waals surface area contributed by atoms with Gasteiger partial charge in [-0.15, -0.1) is 0 Å². The number of rotatable bonds is 9. The molecule has 0 bridgehead atoms. The summed E-state index contributed by atoms with van der Waals surface area (Å²) in [6.07, 6.45) is 0.624. The summed E-state index contributed by atoms with van der Waals surface area (Å²) in [5.74, 6) is 0.845. The number of benzene rings is 2. The SMILES string of the molecule is CCN(CC)CCOc1ccc(C(O)(CC)c2ccccc2)cc1. The molecule has 0 amide bonds. The van der Waals surface area contributed by atoms with Crippen molar-refractivity contribution in [2.45, 2.75) is 32.8 Å². The molecule has 0 aliphatic carbocycles. The molecular formula is C21H29NO2. The Morgan fingerprint density at radius 3 is 2.00 bits per heavy atom. The lowest BCUT2D eigenvalue weighted by Gasteiger charge is -2.28. The number of likely N-dealkylation sites (N-methyl/N-ethyl adjacent to an activating group) is 1. The van der Waals surface area contributed by atoms with Gasteiger partial charge in [0.15, 0.2) is 0 Å². The first-order valence-electron chi connectivity index (χ1n) is 8.87. The lowest BCUT2D eigenvalue weighted by atomic mass is 9.84. The van der Waals surface area contributed by atoms with Crippen LogP contribution in [0.5, 0.6) is 5.75 Å². The van der Waals surface area contributed by atoms with Crippen molar-refractivity contribution in [2.24, 2.45) is 0 Å². The van der Waals surface area contributed by atoms with E-state index in [1.165, 1.54) is 0 Å². The molecule has 3 heteroatoms. The highest BCUT2D eigenvalue weighted by Crippen LogP contribution is 2.33. The Balaban J connectivity index is 2.05. The van der Waals surface area contributed by atoms with Crippen LogP contribution < -0.4 is 4.74 Å². The molecule has 2 rings (SSSR count). The Bertz CT molecular complexity index is 593. The molecule has 0 spiro atoms. The Morgan fingerprint density at radius 2 is 1.46 bits per heavy atom. The molecular weight excluding hydrogens is 298 g/mol. The first kappa shape index (κ1) is 18.5. The third-order valence-corrected chi connectivity index (χ3v) is 4.67. The molecule has 0 aliphatic heterocycles. The van der Waals surface area contributed by atoms with E-state index < -0.39 is 5.60 Å². The maximum atomic E-state index is 11.1. The van der Waals surface area contributed by atoms with Crippen LogP contribution in [0.1, 0.15) is 38.3 Å². The number of hydrogen-bond acceptors (Lipinski definition) is 3. The quantitative estimate of drug-likeness (QED) is 0.754. The molecule has 0 saturated heterocycles. The predicted molar refractivity (Wildman–Crippen MR) is 99.5 cm³/mol. The van der Waals surface area contributed by atoms with Gasteiger partial charge in [0, 0.05) is 6.54 Å². The predicted octanol–water partition coefficient (Wildman–Crippen LogP) is 4.05. The molecule has 0 heterocycles. The molecule has 1 unspecified atom stereocenters. The van der Waals surface area contributed by atoms with Gasteiger partial charge in [0.25, 0.3) is 0 Å². The summed E-state index contributed by atoms with van der Waals surface area (Å²) < 4.78 is 5.82. The Kier molecular flexibility index (Phi) is 6.83. The van der Waals surface area contributed by atoms with Crippen molar-refractivity contribution in [2.75, 3.05) is 26.2 Å². The number of nitrogens with zero attached hydrogens (tertiary/aromatic N) is 1. The summed E-state index contributed by atoms with van der Waals surface area (Å²) in [6, 6.07) is 17.6. The second-order valence-corrected chi connectivity index (χ2v) is 5.98. The summed E-state index contributed by atoms with van der Waals surface area (Å²) >= 11 is 0. The van der Waals surface area contributed by atoms with Gasteiger partial charge in [-0.2, -0.15) is 0 Å². The minimum atomic E-state index is -0.957. The largest absolute Gasteiger partial charge is 0.492 e. The molecule has 0 aliphatic rings. The van der Waals surface area contributed by atoms with Crippen LogP contribution in [0.25, 0.3) is 0 Å². The Hall–Kier alpha value is -1.84. The zero-order chi connectivity index (χ0) is 17.4. The van der Waals surface area contributed by atoms with Gasteiger partial charge in [-0.1, -0.05) is 63.2 Å². The van der Waals surface area contributed by atoms with Crippen LogP contribution in [0.3, 0.4) is 0 Å². The van der Waals surface area contributed by atoms with E-state index in [-0.39, 0.29) is 0 Å². The van der Waals surface area contributed by atoms with Gasteiger partial charge in [-0.25, -0.2) is 0 Å². The van der Waals surface area contributed by atoms with Crippen LogP contribution in [0, 0.1) is 0 Å². The zero-order valence-electron chi connectivity index (χ0n) is 15.0. The summed E-state index contributed by atoms with van der Waals surface area (Å²) in [5.41, 5.74) is 0.857. The third-order valence-electron chi connectivity index (χ3n) is 4.67. The minimum absolute atomic E-state index is 0.624. The topological polar surface area (TPSA) is 32.7 Å². The molecule has 2 aromatic rings. The fourth-order valence-electron chi connectivity index (χ4n) is 2.95. The van der Waals surface area contributed by atoms with Crippen LogP contribution in [-0.4, -0.2) is 36.2 Å². The number of aliphatic hydroxyl groups is 1. The number of ether oxygens (including phenoxy) is 1. The normalized spacial score (nSPS) is 13.7. The molecule has 0 radical (unpaired) electrons. The van der Waals surface area contributed by atoms with Crippen LogP contribution in [-0.2, 0) is 5.60 Å². The maximum absolute atomic E-state index is 11.1. The van der Waals surface area contributed by atoms with E-state index in [0.29, 0.717) is 13.0 Å². The van der Waals surface area contributed by atoms with Crippen LogP contribution in [0.2, 0.25) is 0 Å². The summed E-state index contributed by atoms with van der Waals surface area (Å²) in [4.78, 5) is 2.33. The molecule has 1 N–H and O–H groups in total. The highest BCUT2D eigenvalue weighted by atomic mass is 16.5. The van der Waals surface area contributed by atoms with E-state index >= 15 is 0 Å². The van der Waals surface area contributed by atoms with Crippen molar-refractivity contribution in [1.82, 2.24) is 4.90 Å². The average molecular weight is 327 g/mol. The van der Waals surface area contributed by atoms with Crippen LogP contribution in [0.15, 0.2) is 54.6 Å². The van der Waals surface area contributed by atoms with Gasteiger partial charge in [0.2, 0.25) is 0 Å². The van der Waals surface area contributed by atoms with Crippen LogP contribution >= 0.6 is 0 Å². The highest BCUT2D eigenvalue weighted by molar-refractivity contribution is 5.38. The zero-order valence-corrected chi connectivity index (χ0v) is 15.0. The smallest absolute Gasteiger partial charge is 0.119 e. The number of hydrogen-bond donors (Lipinski definition) is 1. The first-order valence-corrected chi connectivity index (χ1v) is 8.87. The van der Waals surface area contributed by atoms with Crippen molar-refractivity contribution in [3.8, 4) is 5.75 Å². The van der Waals surface area contributed by atoms with E-state index in [0.717, 1.165) is 36.5 Å². The van der Waals surface area contributed by atoms with E-state index in [4.69, 9.17) is 4.74 Å². The van der Waals surface area contributed by atoms with E-state index in [1.807, 2.05) is 61.5 Å². The summed E-state index contributed by atoms with van der Waals surface area (Å²) in [5, 5.41) is 11.1. The van der Waals surface area contributed by atoms with Crippen molar-refractivity contribution in [1.29, 1.82) is 0 Å². The van der Waals surface area contributed by atoms with Gasteiger partial charge < -0.3 is 14.7 Å². The Morgan fingerprint density at radius 1 is 0.875 bits per heavy atom. The van der Waals surface area contributed by atoms with E-state index in [2.05, 4.69) is 18.7 Å². The van der Waals surface area contributed by atoms with Gasteiger partial charge in [-0.3, -0.25) is 0 Å². The van der Waals surface area contributed by atoms with E-state index in [9.17, 15) is 5.11 Å². The Labute approximate surface area is 145 Å².